The lowest BCUT2D eigenvalue weighted by atomic mass is 9.98. The first kappa shape index (κ1) is 19.3. The Bertz CT molecular complexity index is 1330. The fourth-order valence-electron chi connectivity index (χ4n) is 4.29. The van der Waals surface area contributed by atoms with Crippen LogP contribution in [0.15, 0.2) is 30.5 Å². The monoisotopic (exact) mass is 425 g/mol. The molecule has 0 radical (unpaired) electrons. The van der Waals surface area contributed by atoms with E-state index in [0.29, 0.717) is 29.9 Å². The van der Waals surface area contributed by atoms with E-state index in [1.165, 1.54) is 4.68 Å². The maximum absolute atomic E-state index is 13.8. The van der Waals surface area contributed by atoms with Gasteiger partial charge >= 0.3 is 0 Å². The predicted octanol–water partition coefficient (Wildman–Crippen LogP) is 3.89. The molecule has 4 aromatic rings. The molecule has 1 aliphatic rings. The molecule has 3 heterocycles. The van der Waals surface area contributed by atoms with Crippen LogP contribution in [0, 0.1) is 24.4 Å². The van der Waals surface area contributed by atoms with Crippen molar-refractivity contribution in [2.45, 2.75) is 19.9 Å². The lowest BCUT2D eigenvalue weighted by molar-refractivity contribution is 0.0732. The highest BCUT2D eigenvalue weighted by molar-refractivity contribution is 5.99. The van der Waals surface area contributed by atoms with Gasteiger partial charge in [0.05, 0.1) is 29.6 Å². The van der Waals surface area contributed by atoms with Crippen molar-refractivity contribution in [3.8, 4) is 11.3 Å². The van der Waals surface area contributed by atoms with Crippen LogP contribution in [0.3, 0.4) is 0 Å². The third kappa shape index (κ3) is 3.08. The van der Waals surface area contributed by atoms with E-state index in [0.717, 1.165) is 34.2 Å². The molecule has 0 unspecified atom stereocenters. The number of fused-ring (bicyclic) bond motifs is 2. The minimum absolute atomic E-state index is 0.122. The zero-order valence-corrected chi connectivity index (χ0v) is 16.8. The van der Waals surface area contributed by atoms with E-state index in [1.54, 1.807) is 24.2 Å². The molecule has 1 aliphatic heterocycles. The molecule has 5 rings (SSSR count). The minimum Gasteiger partial charge on any atom is -0.332 e. The number of aryl methyl sites for hydroxylation is 2. The zero-order valence-electron chi connectivity index (χ0n) is 16.8. The number of aromatic nitrogens is 4. The van der Waals surface area contributed by atoms with E-state index < -0.39 is 17.5 Å². The highest BCUT2D eigenvalue weighted by Crippen LogP contribution is 2.32. The van der Waals surface area contributed by atoms with Crippen LogP contribution >= 0.6 is 0 Å². The summed E-state index contributed by atoms with van der Waals surface area (Å²) in [5, 5.41) is 12.3. The molecule has 9 heteroatoms. The van der Waals surface area contributed by atoms with Crippen LogP contribution in [-0.2, 0) is 20.0 Å². The third-order valence-corrected chi connectivity index (χ3v) is 5.74. The van der Waals surface area contributed by atoms with Gasteiger partial charge in [-0.2, -0.15) is 10.2 Å². The Labute approximate surface area is 175 Å². The summed E-state index contributed by atoms with van der Waals surface area (Å²) in [5.41, 5.74) is 4.58. The summed E-state index contributed by atoms with van der Waals surface area (Å²) < 4.78 is 42.4. The van der Waals surface area contributed by atoms with Crippen molar-refractivity contribution in [1.82, 2.24) is 24.9 Å². The van der Waals surface area contributed by atoms with Crippen molar-refractivity contribution in [2.75, 3.05) is 6.54 Å². The summed E-state index contributed by atoms with van der Waals surface area (Å²) in [6, 6.07) is 5.57. The number of halogens is 3. The molecule has 0 bridgehead atoms. The highest BCUT2D eigenvalue weighted by atomic mass is 19.2. The van der Waals surface area contributed by atoms with Gasteiger partial charge in [0.1, 0.15) is 0 Å². The number of hydrogen-bond acceptors (Lipinski definition) is 3. The number of hydrogen-bond donors (Lipinski definition) is 1. The Morgan fingerprint density at radius 1 is 1.13 bits per heavy atom. The molecule has 0 spiro atoms. The maximum Gasteiger partial charge on any atom is 0.254 e. The largest absolute Gasteiger partial charge is 0.332 e. The molecule has 0 aliphatic carbocycles. The van der Waals surface area contributed by atoms with Gasteiger partial charge in [0.15, 0.2) is 17.5 Å². The summed E-state index contributed by atoms with van der Waals surface area (Å²) >= 11 is 0. The second-order valence-corrected chi connectivity index (χ2v) is 7.76. The summed E-state index contributed by atoms with van der Waals surface area (Å²) in [4.78, 5) is 14.8. The van der Waals surface area contributed by atoms with Crippen molar-refractivity contribution in [3.63, 3.8) is 0 Å². The molecule has 0 atom stereocenters. The van der Waals surface area contributed by atoms with Crippen molar-refractivity contribution in [1.29, 1.82) is 0 Å². The van der Waals surface area contributed by atoms with Crippen LogP contribution in [0.5, 0.6) is 0 Å². The first-order chi connectivity index (χ1) is 14.8. The number of carbonyl (C=O) groups excluding carboxylic acids is 1. The Balaban J connectivity index is 1.47. The number of rotatable bonds is 2. The number of nitrogens with one attached hydrogen (secondary N) is 1. The van der Waals surface area contributed by atoms with Gasteiger partial charge in [-0.3, -0.25) is 14.6 Å². The average Bonchev–Trinajstić information content (AvgIpc) is 3.34. The van der Waals surface area contributed by atoms with Crippen molar-refractivity contribution in [2.24, 2.45) is 7.05 Å². The number of aromatic amines is 1. The molecule has 6 nitrogen and oxygen atoms in total. The standard InChI is InChI=1S/C22H18F3N5O/c1-11-5-13(6-14-9-26-27-20(11)14)22(31)30-4-3-15-18(10-30)28-29(2)21(15)12-7-16(23)19(25)17(24)8-12/h5-9H,3-4,10H2,1-2H3,(H,26,27). The molecule has 1 amide bonds. The molecule has 158 valence electrons. The summed E-state index contributed by atoms with van der Waals surface area (Å²) in [5.74, 6) is -4.12. The fraction of sp³-hybridized carbons (Fsp3) is 0.227. The minimum atomic E-state index is -1.50. The van der Waals surface area contributed by atoms with Crippen LogP contribution in [-0.4, -0.2) is 37.3 Å². The molecule has 0 saturated heterocycles. The number of amides is 1. The molecule has 0 fully saturated rings. The number of carbonyl (C=O) groups is 1. The Morgan fingerprint density at radius 2 is 1.87 bits per heavy atom. The number of nitrogens with zero attached hydrogens (tertiary/aromatic N) is 4. The molecule has 1 N–H and O–H groups in total. The molecular weight excluding hydrogens is 407 g/mol. The highest BCUT2D eigenvalue weighted by Gasteiger charge is 2.28. The van der Waals surface area contributed by atoms with Gasteiger partial charge in [0.25, 0.3) is 5.91 Å². The van der Waals surface area contributed by atoms with E-state index >= 15 is 0 Å². The fourth-order valence-corrected chi connectivity index (χ4v) is 4.29. The van der Waals surface area contributed by atoms with Crippen molar-refractivity contribution < 1.29 is 18.0 Å². The van der Waals surface area contributed by atoms with Crippen LogP contribution in [0.4, 0.5) is 13.2 Å². The summed E-state index contributed by atoms with van der Waals surface area (Å²) in [6.07, 6.45) is 2.15. The second-order valence-electron chi connectivity index (χ2n) is 7.76. The van der Waals surface area contributed by atoms with E-state index in [1.807, 2.05) is 13.0 Å². The zero-order chi connectivity index (χ0) is 21.9. The second kappa shape index (κ2) is 6.97. The molecule has 0 saturated carbocycles. The van der Waals surface area contributed by atoms with Crippen LogP contribution in [0.2, 0.25) is 0 Å². The van der Waals surface area contributed by atoms with E-state index in [4.69, 9.17) is 0 Å². The van der Waals surface area contributed by atoms with Crippen LogP contribution < -0.4 is 0 Å². The van der Waals surface area contributed by atoms with Gasteiger partial charge in [0.2, 0.25) is 0 Å². The first-order valence-corrected chi connectivity index (χ1v) is 9.76. The van der Waals surface area contributed by atoms with Gasteiger partial charge < -0.3 is 4.90 Å². The van der Waals surface area contributed by atoms with Crippen molar-refractivity contribution in [3.05, 3.63) is 70.3 Å². The van der Waals surface area contributed by atoms with Crippen LogP contribution in [0.1, 0.15) is 27.2 Å². The smallest absolute Gasteiger partial charge is 0.254 e. The topological polar surface area (TPSA) is 66.8 Å². The van der Waals surface area contributed by atoms with E-state index in [2.05, 4.69) is 15.3 Å². The molecule has 31 heavy (non-hydrogen) atoms. The molecule has 2 aromatic heterocycles. The van der Waals surface area contributed by atoms with Crippen molar-refractivity contribution >= 4 is 16.8 Å². The molecular formula is C22H18F3N5O. The number of H-pyrrole nitrogens is 1. The van der Waals surface area contributed by atoms with Gasteiger partial charge in [-0.05, 0) is 43.2 Å². The summed E-state index contributed by atoms with van der Waals surface area (Å²) in [7, 11) is 1.66. The normalized spacial score (nSPS) is 13.6. The van der Waals surface area contributed by atoms with Gasteiger partial charge in [-0.1, -0.05) is 0 Å². The summed E-state index contributed by atoms with van der Waals surface area (Å²) in [6.45, 7) is 2.62. The SMILES string of the molecule is Cc1cc(C(=O)N2CCc3c(nn(C)c3-c3cc(F)c(F)c(F)c3)C2)cc2cn[nH]c12. The maximum atomic E-state index is 13.8. The quantitative estimate of drug-likeness (QED) is 0.496. The van der Waals surface area contributed by atoms with Gasteiger partial charge in [0, 0.05) is 35.7 Å². The van der Waals surface area contributed by atoms with Crippen LogP contribution in [0.25, 0.3) is 22.2 Å². The Kier molecular flexibility index (Phi) is 4.35. The van der Waals surface area contributed by atoms with Gasteiger partial charge in [-0.25, -0.2) is 13.2 Å². The lowest BCUT2D eigenvalue weighted by Gasteiger charge is -2.27. The lowest BCUT2D eigenvalue weighted by Crippen LogP contribution is -2.36. The average molecular weight is 425 g/mol. The first-order valence-electron chi connectivity index (χ1n) is 9.76. The van der Waals surface area contributed by atoms with E-state index in [9.17, 15) is 18.0 Å². The Morgan fingerprint density at radius 3 is 2.61 bits per heavy atom. The Hall–Kier alpha value is -3.62. The van der Waals surface area contributed by atoms with E-state index in [-0.39, 0.29) is 18.0 Å². The number of benzene rings is 2. The predicted molar refractivity (Wildman–Crippen MR) is 108 cm³/mol. The third-order valence-electron chi connectivity index (χ3n) is 5.74. The van der Waals surface area contributed by atoms with Gasteiger partial charge in [-0.15, -0.1) is 0 Å². The molecule has 2 aromatic carbocycles.